The molecule has 0 saturated carbocycles. The monoisotopic (exact) mass is 313 g/mol. The van der Waals surface area contributed by atoms with Gasteiger partial charge in [-0.1, -0.05) is 49.4 Å². The van der Waals surface area contributed by atoms with E-state index < -0.39 is 6.10 Å². The largest absolute Gasteiger partial charge is 0.493 e. The number of nitrogens with one attached hydrogen (secondary N) is 1. The van der Waals surface area contributed by atoms with Crippen molar-refractivity contribution in [3.8, 4) is 11.5 Å². The number of amides is 1. The molecule has 0 aliphatic rings. The molecule has 0 aliphatic carbocycles. The van der Waals surface area contributed by atoms with Crippen LogP contribution in [0.25, 0.3) is 0 Å². The van der Waals surface area contributed by atoms with Gasteiger partial charge >= 0.3 is 0 Å². The molecule has 1 unspecified atom stereocenters. The van der Waals surface area contributed by atoms with Gasteiger partial charge in [0.15, 0.2) is 17.6 Å². The van der Waals surface area contributed by atoms with Crippen LogP contribution in [0.15, 0.2) is 54.6 Å². The summed E-state index contributed by atoms with van der Waals surface area (Å²) in [6.45, 7) is 2.52. The molecular weight excluding hydrogens is 290 g/mol. The Kier molecular flexibility index (Phi) is 6.48. The van der Waals surface area contributed by atoms with Crippen molar-refractivity contribution < 1.29 is 14.3 Å². The number of hydrogen-bond donors (Lipinski definition) is 1. The predicted octanol–water partition coefficient (Wildman–Crippen LogP) is 3.21. The molecule has 1 atom stereocenters. The standard InChI is InChI=1S/C19H23NO3/c1-3-16(23-18-12-8-7-11-17(18)22-2)19(21)20-14-13-15-9-5-4-6-10-15/h4-12,16H,3,13-14H2,1-2H3,(H,20,21). The van der Waals surface area contributed by atoms with Crippen molar-refractivity contribution in [2.75, 3.05) is 13.7 Å². The number of carbonyl (C=O) groups is 1. The number of ether oxygens (including phenoxy) is 2. The van der Waals surface area contributed by atoms with E-state index >= 15 is 0 Å². The molecule has 0 bridgehead atoms. The van der Waals surface area contributed by atoms with Gasteiger partial charge in [0.1, 0.15) is 0 Å². The normalized spacial score (nSPS) is 11.6. The molecule has 4 nitrogen and oxygen atoms in total. The van der Waals surface area contributed by atoms with Crippen molar-refractivity contribution in [1.29, 1.82) is 0 Å². The maximum Gasteiger partial charge on any atom is 0.261 e. The summed E-state index contributed by atoms with van der Waals surface area (Å²) in [7, 11) is 1.59. The van der Waals surface area contributed by atoms with Gasteiger partial charge in [0.2, 0.25) is 0 Å². The number of methoxy groups -OCH3 is 1. The molecule has 0 aromatic heterocycles. The first-order valence-corrected chi connectivity index (χ1v) is 7.86. The van der Waals surface area contributed by atoms with Gasteiger partial charge in [-0.3, -0.25) is 4.79 Å². The van der Waals surface area contributed by atoms with Gasteiger partial charge in [-0.15, -0.1) is 0 Å². The average molecular weight is 313 g/mol. The summed E-state index contributed by atoms with van der Waals surface area (Å²) in [6, 6.07) is 17.4. The molecule has 1 N–H and O–H groups in total. The summed E-state index contributed by atoms with van der Waals surface area (Å²) in [4.78, 5) is 12.3. The van der Waals surface area contributed by atoms with Crippen LogP contribution in [0.2, 0.25) is 0 Å². The molecule has 0 spiro atoms. The van der Waals surface area contributed by atoms with Crippen molar-refractivity contribution in [2.45, 2.75) is 25.9 Å². The molecule has 1 amide bonds. The lowest BCUT2D eigenvalue weighted by molar-refractivity contribution is -0.128. The highest BCUT2D eigenvalue weighted by molar-refractivity contribution is 5.81. The van der Waals surface area contributed by atoms with E-state index in [1.165, 1.54) is 5.56 Å². The Morgan fingerprint density at radius 1 is 1.04 bits per heavy atom. The fourth-order valence-electron chi connectivity index (χ4n) is 2.28. The first-order chi connectivity index (χ1) is 11.2. The fraction of sp³-hybridized carbons (Fsp3) is 0.316. The number of rotatable bonds is 8. The second kappa shape index (κ2) is 8.83. The molecule has 23 heavy (non-hydrogen) atoms. The van der Waals surface area contributed by atoms with Gasteiger partial charge in [0, 0.05) is 6.54 Å². The van der Waals surface area contributed by atoms with Gasteiger partial charge in [-0.25, -0.2) is 0 Å². The number of hydrogen-bond acceptors (Lipinski definition) is 3. The van der Waals surface area contributed by atoms with E-state index in [1.54, 1.807) is 13.2 Å². The summed E-state index contributed by atoms with van der Waals surface area (Å²) >= 11 is 0. The molecule has 2 aromatic rings. The van der Waals surface area contributed by atoms with Crippen LogP contribution in [0.4, 0.5) is 0 Å². The molecular formula is C19H23NO3. The zero-order valence-electron chi connectivity index (χ0n) is 13.6. The number of carbonyl (C=O) groups excluding carboxylic acids is 1. The molecule has 2 aromatic carbocycles. The highest BCUT2D eigenvalue weighted by atomic mass is 16.5. The summed E-state index contributed by atoms with van der Waals surface area (Å²) in [5, 5.41) is 2.94. The Hall–Kier alpha value is -2.49. The van der Waals surface area contributed by atoms with E-state index in [1.807, 2.05) is 43.3 Å². The van der Waals surface area contributed by atoms with Crippen LogP contribution in [0.5, 0.6) is 11.5 Å². The lowest BCUT2D eigenvalue weighted by Gasteiger charge is -2.18. The first-order valence-electron chi connectivity index (χ1n) is 7.86. The van der Waals surface area contributed by atoms with E-state index in [4.69, 9.17) is 9.47 Å². The SMILES string of the molecule is CCC(Oc1ccccc1OC)C(=O)NCCc1ccccc1. The molecule has 4 heteroatoms. The minimum absolute atomic E-state index is 0.102. The Balaban J connectivity index is 1.88. The topological polar surface area (TPSA) is 47.6 Å². The Morgan fingerprint density at radius 2 is 1.70 bits per heavy atom. The Bertz CT molecular complexity index is 613. The minimum Gasteiger partial charge on any atom is -0.493 e. The van der Waals surface area contributed by atoms with Crippen molar-refractivity contribution in [1.82, 2.24) is 5.32 Å². The van der Waals surface area contributed by atoms with E-state index in [0.717, 1.165) is 6.42 Å². The van der Waals surface area contributed by atoms with Gasteiger partial charge in [0.05, 0.1) is 7.11 Å². The molecule has 0 aliphatic heterocycles. The third-order valence-corrected chi connectivity index (χ3v) is 3.56. The van der Waals surface area contributed by atoms with Crippen LogP contribution in [0, 0.1) is 0 Å². The summed E-state index contributed by atoms with van der Waals surface area (Å²) in [5.41, 5.74) is 1.20. The van der Waals surface area contributed by atoms with Crippen LogP contribution in [-0.2, 0) is 11.2 Å². The minimum atomic E-state index is -0.526. The van der Waals surface area contributed by atoms with E-state index in [2.05, 4.69) is 17.4 Å². The van der Waals surface area contributed by atoms with Crippen molar-refractivity contribution in [2.24, 2.45) is 0 Å². The predicted molar refractivity (Wildman–Crippen MR) is 90.9 cm³/mol. The molecule has 0 heterocycles. The van der Waals surface area contributed by atoms with Crippen molar-refractivity contribution in [3.05, 3.63) is 60.2 Å². The highest BCUT2D eigenvalue weighted by Crippen LogP contribution is 2.27. The van der Waals surface area contributed by atoms with E-state index in [0.29, 0.717) is 24.5 Å². The summed E-state index contributed by atoms with van der Waals surface area (Å²) < 4.78 is 11.1. The maximum atomic E-state index is 12.3. The van der Waals surface area contributed by atoms with E-state index in [-0.39, 0.29) is 5.91 Å². The Labute approximate surface area is 137 Å². The molecule has 0 saturated heterocycles. The Morgan fingerprint density at radius 3 is 2.35 bits per heavy atom. The van der Waals surface area contributed by atoms with Gasteiger partial charge in [0.25, 0.3) is 5.91 Å². The second-order valence-electron chi connectivity index (χ2n) is 5.19. The van der Waals surface area contributed by atoms with Crippen LogP contribution in [0.3, 0.4) is 0 Å². The van der Waals surface area contributed by atoms with E-state index in [9.17, 15) is 4.79 Å². The molecule has 0 radical (unpaired) electrons. The number of para-hydroxylation sites is 2. The van der Waals surface area contributed by atoms with Crippen LogP contribution >= 0.6 is 0 Å². The molecule has 0 fully saturated rings. The lowest BCUT2D eigenvalue weighted by atomic mass is 10.1. The smallest absolute Gasteiger partial charge is 0.261 e. The van der Waals surface area contributed by atoms with Crippen LogP contribution in [0.1, 0.15) is 18.9 Å². The third-order valence-electron chi connectivity index (χ3n) is 3.56. The van der Waals surface area contributed by atoms with Gasteiger partial charge < -0.3 is 14.8 Å². The van der Waals surface area contributed by atoms with Crippen LogP contribution in [-0.4, -0.2) is 25.7 Å². The maximum absolute atomic E-state index is 12.3. The summed E-state index contributed by atoms with van der Waals surface area (Å²) in [6.07, 6.45) is 0.870. The average Bonchev–Trinajstić information content (AvgIpc) is 2.60. The van der Waals surface area contributed by atoms with Crippen LogP contribution < -0.4 is 14.8 Å². The lowest BCUT2D eigenvalue weighted by Crippen LogP contribution is -2.39. The quantitative estimate of drug-likeness (QED) is 0.814. The first kappa shape index (κ1) is 16.9. The highest BCUT2D eigenvalue weighted by Gasteiger charge is 2.19. The van der Waals surface area contributed by atoms with Crippen molar-refractivity contribution in [3.63, 3.8) is 0 Å². The molecule has 2 rings (SSSR count). The fourth-order valence-corrected chi connectivity index (χ4v) is 2.28. The number of benzene rings is 2. The third kappa shape index (κ3) is 5.02. The summed E-state index contributed by atoms with van der Waals surface area (Å²) in [5.74, 6) is 1.11. The van der Waals surface area contributed by atoms with Crippen molar-refractivity contribution >= 4 is 5.91 Å². The zero-order chi connectivity index (χ0) is 16.5. The molecule has 122 valence electrons. The van der Waals surface area contributed by atoms with Gasteiger partial charge in [-0.05, 0) is 30.5 Å². The second-order valence-corrected chi connectivity index (χ2v) is 5.19. The van der Waals surface area contributed by atoms with Gasteiger partial charge in [-0.2, -0.15) is 0 Å². The zero-order valence-corrected chi connectivity index (χ0v) is 13.6.